The van der Waals surface area contributed by atoms with Crippen molar-refractivity contribution < 1.29 is 19.5 Å². The fourth-order valence-electron chi connectivity index (χ4n) is 1.64. The van der Waals surface area contributed by atoms with Crippen LogP contribution >= 0.6 is 15.9 Å². The van der Waals surface area contributed by atoms with Crippen LogP contribution in [0.1, 0.15) is 24.2 Å². The molecule has 1 rings (SSSR count). The Hall–Kier alpha value is -1.89. The number of carboxylic acids is 1. The number of aliphatic carboxylic acids is 1. The molecule has 21 heavy (non-hydrogen) atoms. The minimum absolute atomic E-state index is 0.245. The normalized spacial score (nSPS) is 11.8. The molecule has 0 saturated carbocycles. The van der Waals surface area contributed by atoms with E-state index in [0.717, 1.165) is 0 Å². The summed E-state index contributed by atoms with van der Waals surface area (Å²) in [4.78, 5) is 34.5. The van der Waals surface area contributed by atoms with E-state index in [-0.39, 0.29) is 12.5 Å². The van der Waals surface area contributed by atoms with Crippen molar-refractivity contribution in [1.29, 1.82) is 0 Å². The van der Waals surface area contributed by atoms with Crippen LogP contribution in [0.3, 0.4) is 0 Å². The van der Waals surface area contributed by atoms with Crippen molar-refractivity contribution in [1.82, 2.24) is 10.6 Å². The quantitative estimate of drug-likeness (QED) is 0.717. The van der Waals surface area contributed by atoms with Gasteiger partial charge >= 0.3 is 5.97 Å². The van der Waals surface area contributed by atoms with Gasteiger partial charge in [-0.15, -0.1) is 0 Å². The van der Waals surface area contributed by atoms with Gasteiger partial charge in [0.1, 0.15) is 6.04 Å². The molecule has 0 saturated heterocycles. The van der Waals surface area contributed by atoms with Gasteiger partial charge in [0.25, 0.3) is 5.91 Å². The third-order valence-corrected chi connectivity index (χ3v) is 3.47. The molecule has 0 aliphatic rings. The number of halogens is 1. The zero-order valence-corrected chi connectivity index (χ0v) is 13.3. The van der Waals surface area contributed by atoms with Crippen LogP contribution in [0.25, 0.3) is 0 Å². The van der Waals surface area contributed by atoms with E-state index >= 15 is 0 Å². The Bertz CT molecular complexity index is 546. The Morgan fingerprint density at radius 3 is 2.38 bits per heavy atom. The van der Waals surface area contributed by atoms with E-state index in [1.165, 1.54) is 0 Å². The number of rotatable bonds is 6. The van der Waals surface area contributed by atoms with E-state index in [2.05, 4.69) is 26.6 Å². The second kappa shape index (κ2) is 7.78. The fourth-order valence-corrected chi connectivity index (χ4v) is 2.10. The summed E-state index contributed by atoms with van der Waals surface area (Å²) in [5.41, 5.74) is 0.406. The van der Waals surface area contributed by atoms with Crippen molar-refractivity contribution in [3.63, 3.8) is 0 Å². The summed E-state index contributed by atoms with van der Waals surface area (Å²) >= 11 is 3.24. The van der Waals surface area contributed by atoms with E-state index in [1.54, 1.807) is 38.1 Å². The topological polar surface area (TPSA) is 95.5 Å². The number of carbonyl (C=O) groups is 3. The number of hydrogen-bond donors (Lipinski definition) is 3. The van der Waals surface area contributed by atoms with Gasteiger partial charge < -0.3 is 15.7 Å². The van der Waals surface area contributed by atoms with Crippen molar-refractivity contribution in [2.75, 3.05) is 6.54 Å². The first-order valence-electron chi connectivity index (χ1n) is 6.37. The molecule has 0 aromatic heterocycles. The van der Waals surface area contributed by atoms with Gasteiger partial charge in [0.2, 0.25) is 5.91 Å². The Kier molecular flexibility index (Phi) is 6.36. The van der Waals surface area contributed by atoms with Crippen molar-refractivity contribution in [2.24, 2.45) is 5.92 Å². The molecule has 0 spiro atoms. The monoisotopic (exact) mass is 356 g/mol. The van der Waals surface area contributed by atoms with Crippen LogP contribution in [0, 0.1) is 5.92 Å². The molecule has 2 amide bonds. The third kappa shape index (κ3) is 5.18. The Morgan fingerprint density at radius 1 is 1.24 bits per heavy atom. The second-order valence-corrected chi connectivity index (χ2v) is 5.64. The van der Waals surface area contributed by atoms with Crippen LogP contribution in [0.15, 0.2) is 28.7 Å². The predicted molar refractivity (Wildman–Crippen MR) is 80.9 cm³/mol. The lowest BCUT2D eigenvalue weighted by atomic mass is 10.1. The summed E-state index contributed by atoms with van der Waals surface area (Å²) in [7, 11) is 0. The number of carboxylic acid groups (broad SMARTS) is 1. The highest BCUT2D eigenvalue weighted by atomic mass is 79.9. The van der Waals surface area contributed by atoms with Crippen LogP contribution < -0.4 is 10.6 Å². The molecule has 0 aliphatic heterocycles. The summed E-state index contributed by atoms with van der Waals surface area (Å²) in [6.07, 6.45) is 0. The number of amides is 2. The Morgan fingerprint density at radius 2 is 1.86 bits per heavy atom. The molecule has 1 atom stereocenters. The average Bonchev–Trinajstić information content (AvgIpc) is 2.42. The lowest BCUT2D eigenvalue weighted by molar-refractivity contribution is -0.142. The van der Waals surface area contributed by atoms with Crippen molar-refractivity contribution in [3.8, 4) is 0 Å². The average molecular weight is 357 g/mol. The molecule has 7 heteroatoms. The van der Waals surface area contributed by atoms with Crippen LogP contribution in [0.5, 0.6) is 0 Å². The van der Waals surface area contributed by atoms with Crippen LogP contribution in [0.2, 0.25) is 0 Å². The number of benzene rings is 1. The maximum Gasteiger partial charge on any atom is 0.326 e. The molecule has 6 nitrogen and oxygen atoms in total. The van der Waals surface area contributed by atoms with E-state index < -0.39 is 23.8 Å². The number of hydrogen-bond acceptors (Lipinski definition) is 3. The van der Waals surface area contributed by atoms with Crippen molar-refractivity contribution in [2.45, 2.75) is 19.9 Å². The standard InChI is InChI=1S/C14H17BrN2O4/c1-8(2)12(14(20)21)17-11(18)7-16-13(19)9-5-3-4-6-10(9)15/h3-6,8,12H,7H2,1-2H3,(H,16,19)(H,17,18)(H,20,21)/t12-/m1/s1. The molecule has 0 heterocycles. The van der Waals surface area contributed by atoms with Gasteiger partial charge in [-0.1, -0.05) is 26.0 Å². The summed E-state index contributed by atoms with van der Waals surface area (Å²) < 4.78 is 0.619. The van der Waals surface area contributed by atoms with Crippen LogP contribution in [-0.4, -0.2) is 35.5 Å². The smallest absolute Gasteiger partial charge is 0.326 e. The lowest BCUT2D eigenvalue weighted by Gasteiger charge is -2.18. The zero-order valence-electron chi connectivity index (χ0n) is 11.7. The highest BCUT2D eigenvalue weighted by Gasteiger charge is 2.23. The first kappa shape index (κ1) is 17.2. The molecular formula is C14H17BrN2O4. The molecule has 1 aromatic carbocycles. The molecule has 0 bridgehead atoms. The highest BCUT2D eigenvalue weighted by molar-refractivity contribution is 9.10. The molecule has 0 unspecified atom stereocenters. The summed E-state index contributed by atoms with van der Waals surface area (Å²) in [6.45, 7) is 3.11. The van der Waals surface area contributed by atoms with E-state index in [0.29, 0.717) is 10.0 Å². The second-order valence-electron chi connectivity index (χ2n) is 4.79. The van der Waals surface area contributed by atoms with E-state index in [9.17, 15) is 14.4 Å². The first-order valence-corrected chi connectivity index (χ1v) is 7.17. The molecule has 0 radical (unpaired) electrons. The minimum atomic E-state index is -1.10. The highest BCUT2D eigenvalue weighted by Crippen LogP contribution is 2.15. The molecule has 1 aromatic rings. The fraction of sp³-hybridized carbons (Fsp3) is 0.357. The van der Waals surface area contributed by atoms with Gasteiger partial charge in [0.15, 0.2) is 0 Å². The van der Waals surface area contributed by atoms with Crippen LogP contribution in [0.4, 0.5) is 0 Å². The van der Waals surface area contributed by atoms with Crippen LogP contribution in [-0.2, 0) is 9.59 Å². The minimum Gasteiger partial charge on any atom is -0.480 e. The molecule has 3 N–H and O–H groups in total. The van der Waals surface area contributed by atoms with Crippen molar-refractivity contribution in [3.05, 3.63) is 34.3 Å². The van der Waals surface area contributed by atoms with E-state index in [1.807, 2.05) is 0 Å². The predicted octanol–water partition coefficient (Wildman–Crippen LogP) is 1.40. The Labute approximate surface area is 131 Å². The molecule has 0 fully saturated rings. The van der Waals surface area contributed by atoms with Gasteiger partial charge in [0, 0.05) is 4.47 Å². The zero-order chi connectivity index (χ0) is 16.0. The Balaban J connectivity index is 2.55. The van der Waals surface area contributed by atoms with Gasteiger partial charge in [-0.25, -0.2) is 4.79 Å². The maximum absolute atomic E-state index is 11.9. The third-order valence-electron chi connectivity index (χ3n) is 2.78. The van der Waals surface area contributed by atoms with Crippen molar-refractivity contribution >= 4 is 33.7 Å². The largest absolute Gasteiger partial charge is 0.480 e. The van der Waals surface area contributed by atoms with Gasteiger partial charge in [-0.05, 0) is 34.0 Å². The summed E-state index contributed by atoms with van der Waals surface area (Å²) in [5.74, 6) is -2.30. The first-order chi connectivity index (χ1) is 9.82. The summed E-state index contributed by atoms with van der Waals surface area (Å²) in [5, 5.41) is 13.8. The van der Waals surface area contributed by atoms with Gasteiger partial charge in [0.05, 0.1) is 12.1 Å². The number of nitrogens with one attached hydrogen (secondary N) is 2. The lowest BCUT2D eigenvalue weighted by Crippen LogP contribution is -2.48. The van der Waals surface area contributed by atoms with Gasteiger partial charge in [-0.2, -0.15) is 0 Å². The molecular weight excluding hydrogens is 340 g/mol. The molecule has 114 valence electrons. The van der Waals surface area contributed by atoms with E-state index in [4.69, 9.17) is 5.11 Å². The van der Waals surface area contributed by atoms with Gasteiger partial charge in [-0.3, -0.25) is 9.59 Å². The molecule has 0 aliphatic carbocycles. The number of carbonyl (C=O) groups excluding carboxylic acids is 2. The SMILES string of the molecule is CC(C)[C@@H](NC(=O)CNC(=O)c1ccccc1Br)C(=O)O. The summed E-state index contributed by atoms with van der Waals surface area (Å²) in [6, 6.07) is 5.84. The maximum atomic E-state index is 11.9.